The number of hydrogen-bond acceptors (Lipinski definition) is 6. The minimum Gasteiger partial charge on any atom is -0.497 e. The standard InChI is InChI=1S/C22H19NO6/c1-27-17-11-9-15(10-12-17)20(25)21(16-6-3-2-4-7-16)29-19(24)14-23-22(26)18-8-5-13-28-18/h2-13,21H,14H2,1H3,(H,23,26)/t21-/m0/s1. The maximum absolute atomic E-state index is 13.0. The van der Waals surface area contributed by atoms with E-state index in [9.17, 15) is 14.4 Å². The number of carbonyl (C=O) groups is 3. The van der Waals surface area contributed by atoms with Gasteiger partial charge in [0.2, 0.25) is 5.78 Å². The SMILES string of the molecule is COc1ccc(C(=O)[C@@H](OC(=O)CNC(=O)c2ccco2)c2ccccc2)cc1. The van der Waals surface area contributed by atoms with Crippen molar-refractivity contribution >= 4 is 17.7 Å². The molecule has 0 bridgehead atoms. The molecule has 7 heteroatoms. The summed E-state index contributed by atoms with van der Waals surface area (Å²) in [5, 5.41) is 2.40. The third kappa shape index (κ3) is 5.10. The van der Waals surface area contributed by atoms with E-state index in [1.54, 1.807) is 60.7 Å². The highest BCUT2D eigenvalue weighted by Gasteiger charge is 2.26. The Morgan fingerprint density at radius 1 is 0.966 bits per heavy atom. The molecule has 0 unspecified atom stereocenters. The molecule has 29 heavy (non-hydrogen) atoms. The van der Waals surface area contributed by atoms with Crippen molar-refractivity contribution in [1.29, 1.82) is 0 Å². The molecule has 0 saturated carbocycles. The van der Waals surface area contributed by atoms with Crippen LogP contribution in [0.2, 0.25) is 0 Å². The van der Waals surface area contributed by atoms with Gasteiger partial charge in [0.25, 0.3) is 5.91 Å². The molecule has 0 saturated heterocycles. The predicted octanol–water partition coefficient (Wildman–Crippen LogP) is 3.19. The highest BCUT2D eigenvalue weighted by molar-refractivity contribution is 6.01. The number of Topliss-reactive ketones (excluding diaryl/α,β-unsaturated/α-hetero) is 1. The van der Waals surface area contributed by atoms with E-state index in [1.165, 1.54) is 19.4 Å². The van der Waals surface area contributed by atoms with Gasteiger partial charge in [-0.3, -0.25) is 14.4 Å². The van der Waals surface area contributed by atoms with Crippen molar-refractivity contribution in [2.45, 2.75) is 6.10 Å². The molecule has 7 nitrogen and oxygen atoms in total. The van der Waals surface area contributed by atoms with E-state index < -0.39 is 24.5 Å². The van der Waals surface area contributed by atoms with Gasteiger partial charge in [-0.15, -0.1) is 0 Å². The molecule has 3 rings (SSSR count). The van der Waals surface area contributed by atoms with Crippen LogP contribution in [-0.2, 0) is 9.53 Å². The fourth-order valence-corrected chi connectivity index (χ4v) is 2.63. The number of benzene rings is 2. The van der Waals surface area contributed by atoms with Gasteiger partial charge in [0.15, 0.2) is 11.9 Å². The summed E-state index contributed by atoms with van der Waals surface area (Å²) in [6, 6.07) is 18.2. The second-order valence-electron chi connectivity index (χ2n) is 6.03. The number of esters is 1. The Morgan fingerprint density at radius 2 is 1.69 bits per heavy atom. The molecule has 0 spiro atoms. The van der Waals surface area contributed by atoms with Crippen LogP contribution in [0.4, 0.5) is 0 Å². The van der Waals surface area contributed by atoms with E-state index in [0.717, 1.165) is 0 Å². The number of methoxy groups -OCH3 is 1. The summed E-state index contributed by atoms with van der Waals surface area (Å²) in [7, 11) is 1.53. The summed E-state index contributed by atoms with van der Waals surface area (Å²) in [5.74, 6) is -1.00. The molecule has 0 radical (unpaired) electrons. The van der Waals surface area contributed by atoms with E-state index >= 15 is 0 Å². The van der Waals surface area contributed by atoms with Gasteiger partial charge >= 0.3 is 5.97 Å². The van der Waals surface area contributed by atoms with Crippen molar-refractivity contribution in [1.82, 2.24) is 5.32 Å². The van der Waals surface area contributed by atoms with E-state index in [2.05, 4.69) is 5.32 Å². The van der Waals surface area contributed by atoms with E-state index in [-0.39, 0.29) is 11.5 Å². The predicted molar refractivity (Wildman–Crippen MR) is 104 cm³/mol. The smallest absolute Gasteiger partial charge is 0.326 e. The topological polar surface area (TPSA) is 94.8 Å². The highest BCUT2D eigenvalue weighted by Crippen LogP contribution is 2.24. The number of carbonyl (C=O) groups excluding carboxylic acids is 3. The van der Waals surface area contributed by atoms with Crippen molar-refractivity contribution in [3.8, 4) is 5.75 Å². The van der Waals surface area contributed by atoms with Gasteiger partial charge in [0.05, 0.1) is 13.4 Å². The molecule has 0 aliphatic rings. The largest absolute Gasteiger partial charge is 0.497 e. The van der Waals surface area contributed by atoms with Crippen LogP contribution in [0.25, 0.3) is 0 Å². The van der Waals surface area contributed by atoms with Gasteiger partial charge in [-0.25, -0.2) is 0 Å². The summed E-state index contributed by atoms with van der Waals surface area (Å²) >= 11 is 0. The summed E-state index contributed by atoms with van der Waals surface area (Å²) < 4.78 is 15.5. The Hall–Kier alpha value is -3.87. The third-order valence-electron chi connectivity index (χ3n) is 4.10. The first-order valence-corrected chi connectivity index (χ1v) is 8.83. The summed E-state index contributed by atoms with van der Waals surface area (Å²) in [6.07, 6.45) is 0.212. The zero-order valence-corrected chi connectivity index (χ0v) is 15.7. The van der Waals surface area contributed by atoms with Crippen LogP contribution in [0.1, 0.15) is 32.6 Å². The molecule has 1 atom stereocenters. The Kier molecular flexibility index (Phi) is 6.42. The van der Waals surface area contributed by atoms with Gasteiger partial charge in [-0.05, 0) is 36.4 Å². The Morgan fingerprint density at radius 3 is 2.31 bits per heavy atom. The van der Waals surface area contributed by atoms with Crippen molar-refractivity contribution in [2.75, 3.05) is 13.7 Å². The molecule has 1 N–H and O–H groups in total. The summed E-state index contributed by atoms with van der Waals surface area (Å²) in [6.45, 7) is -0.404. The van der Waals surface area contributed by atoms with Crippen molar-refractivity contribution in [3.63, 3.8) is 0 Å². The molecular weight excluding hydrogens is 374 g/mol. The van der Waals surface area contributed by atoms with Crippen LogP contribution in [0.3, 0.4) is 0 Å². The van der Waals surface area contributed by atoms with Crippen molar-refractivity contribution in [2.24, 2.45) is 0 Å². The molecule has 1 heterocycles. The first-order valence-electron chi connectivity index (χ1n) is 8.83. The fourth-order valence-electron chi connectivity index (χ4n) is 2.63. The fraction of sp³-hybridized carbons (Fsp3) is 0.136. The van der Waals surface area contributed by atoms with Crippen LogP contribution in [-0.4, -0.2) is 31.3 Å². The zero-order chi connectivity index (χ0) is 20.6. The van der Waals surface area contributed by atoms with Crippen LogP contribution in [0.15, 0.2) is 77.4 Å². The van der Waals surface area contributed by atoms with Crippen molar-refractivity contribution < 1.29 is 28.3 Å². The minimum absolute atomic E-state index is 0.0757. The Labute approximate surface area is 167 Å². The van der Waals surface area contributed by atoms with Gasteiger partial charge in [-0.1, -0.05) is 30.3 Å². The van der Waals surface area contributed by atoms with E-state index in [4.69, 9.17) is 13.9 Å². The molecule has 3 aromatic rings. The van der Waals surface area contributed by atoms with E-state index in [0.29, 0.717) is 16.9 Å². The lowest BCUT2D eigenvalue weighted by Crippen LogP contribution is -2.32. The maximum atomic E-state index is 13.0. The second-order valence-corrected chi connectivity index (χ2v) is 6.03. The van der Waals surface area contributed by atoms with Gasteiger partial charge < -0.3 is 19.2 Å². The number of furan rings is 1. The average Bonchev–Trinajstić information content (AvgIpc) is 3.31. The number of rotatable bonds is 8. The summed E-state index contributed by atoms with van der Waals surface area (Å²) in [5.41, 5.74) is 0.895. The number of amides is 1. The number of ether oxygens (including phenoxy) is 2. The lowest BCUT2D eigenvalue weighted by molar-refractivity contribution is -0.146. The first kappa shape index (κ1) is 19.9. The third-order valence-corrected chi connectivity index (χ3v) is 4.10. The molecule has 148 valence electrons. The molecule has 1 amide bonds. The molecule has 2 aromatic carbocycles. The first-order chi connectivity index (χ1) is 14.1. The highest BCUT2D eigenvalue weighted by atomic mass is 16.5. The van der Waals surface area contributed by atoms with Gasteiger partial charge in [0, 0.05) is 11.1 Å². The van der Waals surface area contributed by atoms with Crippen LogP contribution >= 0.6 is 0 Å². The van der Waals surface area contributed by atoms with Gasteiger partial charge in [-0.2, -0.15) is 0 Å². The Bertz CT molecular complexity index is 964. The quantitative estimate of drug-likeness (QED) is 0.467. The number of hydrogen-bond donors (Lipinski definition) is 1. The molecule has 0 aliphatic carbocycles. The lowest BCUT2D eigenvalue weighted by Gasteiger charge is -2.18. The monoisotopic (exact) mass is 393 g/mol. The number of ketones is 1. The Balaban J connectivity index is 1.72. The molecule has 0 fully saturated rings. The van der Waals surface area contributed by atoms with Crippen molar-refractivity contribution in [3.05, 3.63) is 89.9 Å². The normalized spacial score (nSPS) is 11.3. The summed E-state index contributed by atoms with van der Waals surface area (Å²) in [4.78, 5) is 37.2. The number of nitrogens with one attached hydrogen (secondary N) is 1. The molecule has 1 aromatic heterocycles. The van der Waals surface area contributed by atoms with E-state index in [1.807, 2.05) is 0 Å². The van der Waals surface area contributed by atoms with Crippen LogP contribution < -0.4 is 10.1 Å². The van der Waals surface area contributed by atoms with Crippen LogP contribution in [0.5, 0.6) is 5.75 Å². The zero-order valence-electron chi connectivity index (χ0n) is 15.7. The lowest BCUT2D eigenvalue weighted by atomic mass is 9.99. The molecule has 0 aliphatic heterocycles. The maximum Gasteiger partial charge on any atom is 0.326 e. The average molecular weight is 393 g/mol. The minimum atomic E-state index is -1.14. The molecular formula is C22H19NO6. The van der Waals surface area contributed by atoms with Gasteiger partial charge in [0.1, 0.15) is 12.3 Å². The van der Waals surface area contributed by atoms with Crippen LogP contribution in [0, 0.1) is 0 Å². The second kappa shape index (κ2) is 9.36.